The topological polar surface area (TPSA) is 0 Å². The predicted molar refractivity (Wildman–Crippen MR) is 51.2 cm³/mol. The van der Waals surface area contributed by atoms with E-state index in [1.165, 1.54) is 0 Å². The molecule has 1 atom stereocenters. The van der Waals surface area contributed by atoms with Crippen molar-refractivity contribution in [3.8, 4) is 11.8 Å². The van der Waals surface area contributed by atoms with Gasteiger partial charge in [-0.15, -0.1) is 11.8 Å². The molecule has 0 amide bonds. The second kappa shape index (κ2) is 5.24. The van der Waals surface area contributed by atoms with Crippen LogP contribution in [-0.4, -0.2) is 0 Å². The Hall–Kier alpha value is -0.440. The van der Waals surface area contributed by atoms with E-state index in [0.29, 0.717) is 5.92 Å². The van der Waals surface area contributed by atoms with Crippen molar-refractivity contribution < 1.29 is 0 Å². The van der Waals surface area contributed by atoms with Gasteiger partial charge in [0.1, 0.15) is 0 Å². The summed E-state index contributed by atoms with van der Waals surface area (Å²) in [5, 5.41) is 0. The minimum Gasteiger partial charge on any atom is -0.103 e. The first-order valence-electron chi connectivity index (χ1n) is 4.52. The summed E-state index contributed by atoms with van der Waals surface area (Å²) in [5.41, 5.74) is 0. The molecule has 0 nitrogen and oxygen atoms in total. The standard InChI is InChI=1S/C11H20/c1-9(2)7-6-8-11(5)10(3)4/h9-11H,8H2,1-5H3/t11-/m1/s1. The summed E-state index contributed by atoms with van der Waals surface area (Å²) in [6.07, 6.45) is 1.05. The summed E-state index contributed by atoms with van der Waals surface area (Å²) in [5.74, 6) is 8.42. The van der Waals surface area contributed by atoms with Crippen molar-refractivity contribution in [1.82, 2.24) is 0 Å². The molecular weight excluding hydrogens is 132 g/mol. The van der Waals surface area contributed by atoms with Gasteiger partial charge in [-0.1, -0.05) is 34.6 Å². The molecule has 11 heavy (non-hydrogen) atoms. The summed E-state index contributed by atoms with van der Waals surface area (Å²) >= 11 is 0. The summed E-state index contributed by atoms with van der Waals surface area (Å²) in [4.78, 5) is 0. The average molecular weight is 152 g/mol. The first-order valence-corrected chi connectivity index (χ1v) is 4.52. The van der Waals surface area contributed by atoms with Gasteiger partial charge >= 0.3 is 0 Å². The molecule has 0 saturated heterocycles. The monoisotopic (exact) mass is 152 g/mol. The summed E-state index contributed by atoms with van der Waals surface area (Å²) < 4.78 is 0. The Kier molecular flexibility index (Phi) is 5.03. The Morgan fingerprint density at radius 1 is 1.00 bits per heavy atom. The van der Waals surface area contributed by atoms with Gasteiger partial charge < -0.3 is 0 Å². The van der Waals surface area contributed by atoms with Crippen LogP contribution in [0.1, 0.15) is 41.0 Å². The lowest BCUT2D eigenvalue weighted by molar-refractivity contribution is 0.429. The van der Waals surface area contributed by atoms with E-state index in [1.54, 1.807) is 0 Å². The third-order valence-electron chi connectivity index (χ3n) is 1.95. The van der Waals surface area contributed by atoms with E-state index < -0.39 is 0 Å². The second-order valence-corrected chi connectivity index (χ2v) is 3.90. The smallest absolute Gasteiger partial charge is 0.0146 e. The quantitative estimate of drug-likeness (QED) is 0.532. The first-order chi connectivity index (χ1) is 5.04. The SMILES string of the molecule is CC(C)C#CC[C@@H](C)C(C)C. The van der Waals surface area contributed by atoms with Crippen LogP contribution in [0.3, 0.4) is 0 Å². The van der Waals surface area contributed by atoms with Crippen LogP contribution < -0.4 is 0 Å². The van der Waals surface area contributed by atoms with Gasteiger partial charge in [0.05, 0.1) is 0 Å². The molecule has 0 aliphatic heterocycles. The fraction of sp³-hybridized carbons (Fsp3) is 0.818. The lowest BCUT2D eigenvalue weighted by Gasteiger charge is -2.10. The molecule has 0 aliphatic carbocycles. The normalized spacial score (nSPS) is 13.0. The van der Waals surface area contributed by atoms with Crippen molar-refractivity contribution in [2.75, 3.05) is 0 Å². The fourth-order valence-corrected chi connectivity index (χ4v) is 0.660. The minimum absolute atomic E-state index is 0.523. The molecule has 0 saturated carbocycles. The summed E-state index contributed by atoms with van der Waals surface area (Å²) in [6.45, 7) is 11.0. The highest BCUT2D eigenvalue weighted by Crippen LogP contribution is 2.12. The van der Waals surface area contributed by atoms with Crippen molar-refractivity contribution >= 4 is 0 Å². The highest BCUT2D eigenvalue weighted by Gasteiger charge is 2.03. The molecule has 0 bridgehead atoms. The lowest BCUT2D eigenvalue weighted by atomic mass is 9.95. The average Bonchev–Trinajstić information content (AvgIpc) is 1.86. The third-order valence-corrected chi connectivity index (χ3v) is 1.95. The van der Waals surface area contributed by atoms with Crippen LogP contribution in [0.5, 0.6) is 0 Å². The first kappa shape index (κ1) is 10.6. The van der Waals surface area contributed by atoms with Crippen LogP contribution in [0.15, 0.2) is 0 Å². The van der Waals surface area contributed by atoms with E-state index in [4.69, 9.17) is 0 Å². The Labute approximate surface area is 71.4 Å². The lowest BCUT2D eigenvalue weighted by Crippen LogP contribution is -2.01. The zero-order chi connectivity index (χ0) is 8.85. The Morgan fingerprint density at radius 2 is 1.55 bits per heavy atom. The van der Waals surface area contributed by atoms with Crippen LogP contribution in [0, 0.1) is 29.6 Å². The summed E-state index contributed by atoms with van der Waals surface area (Å²) in [7, 11) is 0. The molecule has 0 unspecified atom stereocenters. The molecule has 64 valence electrons. The minimum atomic E-state index is 0.523. The van der Waals surface area contributed by atoms with Gasteiger partial charge in [0, 0.05) is 12.3 Å². The van der Waals surface area contributed by atoms with Gasteiger partial charge in [-0.25, -0.2) is 0 Å². The van der Waals surface area contributed by atoms with Crippen LogP contribution in [0.25, 0.3) is 0 Å². The molecule has 0 aromatic heterocycles. The summed E-state index contributed by atoms with van der Waals surface area (Å²) in [6, 6.07) is 0. The van der Waals surface area contributed by atoms with E-state index in [1.807, 2.05) is 0 Å². The molecule has 0 heterocycles. The van der Waals surface area contributed by atoms with Gasteiger partial charge in [0.25, 0.3) is 0 Å². The highest BCUT2D eigenvalue weighted by molar-refractivity contribution is 5.01. The van der Waals surface area contributed by atoms with Crippen LogP contribution >= 0.6 is 0 Å². The largest absolute Gasteiger partial charge is 0.103 e. The van der Waals surface area contributed by atoms with E-state index >= 15 is 0 Å². The van der Waals surface area contributed by atoms with Gasteiger partial charge in [-0.3, -0.25) is 0 Å². The maximum atomic E-state index is 3.22. The number of hydrogen-bond donors (Lipinski definition) is 0. The molecule has 0 heteroatoms. The molecule has 0 aromatic rings. The molecule has 0 spiro atoms. The molecule has 0 aromatic carbocycles. The van der Waals surface area contributed by atoms with Gasteiger partial charge in [-0.2, -0.15) is 0 Å². The van der Waals surface area contributed by atoms with Crippen LogP contribution in [0.4, 0.5) is 0 Å². The molecule has 0 rings (SSSR count). The maximum absolute atomic E-state index is 3.22. The zero-order valence-electron chi connectivity index (χ0n) is 8.44. The molecule has 0 aliphatic rings. The van der Waals surface area contributed by atoms with E-state index in [-0.39, 0.29) is 0 Å². The third kappa shape index (κ3) is 5.98. The Balaban J connectivity index is 3.63. The van der Waals surface area contributed by atoms with E-state index in [0.717, 1.165) is 18.3 Å². The second-order valence-electron chi connectivity index (χ2n) is 3.90. The van der Waals surface area contributed by atoms with Gasteiger partial charge in [0.2, 0.25) is 0 Å². The molecule has 0 N–H and O–H groups in total. The van der Waals surface area contributed by atoms with Gasteiger partial charge in [-0.05, 0) is 11.8 Å². The fourth-order valence-electron chi connectivity index (χ4n) is 0.660. The maximum Gasteiger partial charge on any atom is 0.0146 e. The van der Waals surface area contributed by atoms with Crippen LogP contribution in [-0.2, 0) is 0 Å². The van der Waals surface area contributed by atoms with Crippen molar-refractivity contribution in [2.45, 2.75) is 41.0 Å². The molecular formula is C11H20. The van der Waals surface area contributed by atoms with Gasteiger partial charge in [0.15, 0.2) is 0 Å². The molecule has 0 radical (unpaired) electrons. The van der Waals surface area contributed by atoms with Crippen molar-refractivity contribution in [1.29, 1.82) is 0 Å². The number of rotatable bonds is 2. The molecule has 0 fully saturated rings. The predicted octanol–water partition coefficient (Wildman–Crippen LogP) is 3.33. The Morgan fingerprint density at radius 3 is 1.91 bits per heavy atom. The van der Waals surface area contributed by atoms with Crippen LogP contribution in [0.2, 0.25) is 0 Å². The Bertz CT molecular complexity index is 143. The number of hydrogen-bond acceptors (Lipinski definition) is 0. The van der Waals surface area contributed by atoms with E-state index in [2.05, 4.69) is 46.5 Å². The van der Waals surface area contributed by atoms with Crippen molar-refractivity contribution in [3.05, 3.63) is 0 Å². The van der Waals surface area contributed by atoms with E-state index in [9.17, 15) is 0 Å². The van der Waals surface area contributed by atoms with Crippen molar-refractivity contribution in [2.24, 2.45) is 17.8 Å². The van der Waals surface area contributed by atoms with Crippen molar-refractivity contribution in [3.63, 3.8) is 0 Å². The highest BCUT2D eigenvalue weighted by atomic mass is 14.1. The zero-order valence-corrected chi connectivity index (χ0v) is 8.44.